The van der Waals surface area contributed by atoms with Gasteiger partial charge < -0.3 is 15.8 Å². The van der Waals surface area contributed by atoms with E-state index in [2.05, 4.69) is 24.1 Å². The Hall–Kier alpha value is -1.63. The first-order chi connectivity index (χ1) is 10.1. The number of anilines is 1. The highest BCUT2D eigenvalue weighted by Crippen LogP contribution is 2.19. The third-order valence-corrected chi connectivity index (χ3v) is 3.51. The molecule has 1 aromatic heterocycles. The van der Waals surface area contributed by atoms with Gasteiger partial charge in [0.15, 0.2) is 0 Å². The van der Waals surface area contributed by atoms with Crippen LogP contribution >= 0.6 is 23.7 Å². The molecule has 0 bridgehead atoms. The Morgan fingerprint density at radius 2 is 2.23 bits per heavy atom. The Morgan fingerprint density at radius 1 is 1.45 bits per heavy atom. The predicted molar refractivity (Wildman–Crippen MR) is 92.0 cm³/mol. The van der Waals surface area contributed by atoms with Crippen LogP contribution in [0.25, 0.3) is 0 Å². The Kier molecular flexibility index (Phi) is 7.31. The van der Waals surface area contributed by atoms with Crippen molar-refractivity contribution < 1.29 is 9.53 Å². The summed E-state index contributed by atoms with van der Waals surface area (Å²) in [4.78, 5) is 16.2. The topological polar surface area (TPSA) is 77.2 Å². The summed E-state index contributed by atoms with van der Waals surface area (Å²) in [5, 5.41) is 5.26. The van der Waals surface area contributed by atoms with Crippen LogP contribution in [-0.2, 0) is 6.54 Å². The van der Waals surface area contributed by atoms with Gasteiger partial charge in [-0.1, -0.05) is 19.9 Å². The molecule has 5 nitrogen and oxygen atoms in total. The third kappa shape index (κ3) is 5.29. The molecular weight excluding hydrogens is 322 g/mol. The van der Waals surface area contributed by atoms with Crippen molar-refractivity contribution in [3.63, 3.8) is 0 Å². The minimum absolute atomic E-state index is 0. The van der Waals surface area contributed by atoms with Crippen molar-refractivity contribution in [3.05, 3.63) is 40.3 Å². The van der Waals surface area contributed by atoms with Crippen molar-refractivity contribution >= 4 is 35.3 Å². The molecule has 22 heavy (non-hydrogen) atoms. The molecule has 0 spiro atoms. The average molecular weight is 342 g/mol. The molecule has 120 valence electrons. The van der Waals surface area contributed by atoms with Gasteiger partial charge in [-0.05, 0) is 18.1 Å². The standard InChI is InChI=1S/C15H19N3O2S.ClH/c1-10(2)8-20-12-5-3-4-11(6-12)17-15(19)13-9-21-14(7-16)18-13;/h3-6,9-10H,7-8,16H2,1-2H3,(H,17,19);1H. The Bertz CT molecular complexity index is 616. The number of hydrogen-bond acceptors (Lipinski definition) is 5. The zero-order valence-electron chi connectivity index (χ0n) is 12.5. The number of nitrogens with zero attached hydrogens (tertiary/aromatic N) is 1. The maximum absolute atomic E-state index is 12.1. The highest BCUT2D eigenvalue weighted by molar-refractivity contribution is 7.09. The number of rotatable bonds is 6. The van der Waals surface area contributed by atoms with Gasteiger partial charge in [0, 0.05) is 23.7 Å². The molecule has 0 atom stereocenters. The van der Waals surface area contributed by atoms with Crippen molar-refractivity contribution in [1.82, 2.24) is 4.98 Å². The van der Waals surface area contributed by atoms with E-state index in [0.717, 1.165) is 10.8 Å². The predicted octanol–water partition coefficient (Wildman–Crippen LogP) is 3.31. The van der Waals surface area contributed by atoms with E-state index in [4.69, 9.17) is 10.5 Å². The summed E-state index contributed by atoms with van der Waals surface area (Å²) < 4.78 is 5.64. The minimum Gasteiger partial charge on any atom is -0.493 e. The van der Waals surface area contributed by atoms with Gasteiger partial charge in [0.2, 0.25) is 0 Å². The molecule has 1 aromatic carbocycles. The van der Waals surface area contributed by atoms with E-state index in [-0.39, 0.29) is 18.3 Å². The van der Waals surface area contributed by atoms with E-state index < -0.39 is 0 Å². The van der Waals surface area contributed by atoms with Crippen LogP contribution in [0.15, 0.2) is 29.6 Å². The summed E-state index contributed by atoms with van der Waals surface area (Å²) in [5.74, 6) is 0.947. The number of carbonyl (C=O) groups excluding carboxylic acids is 1. The summed E-state index contributed by atoms with van der Waals surface area (Å²) in [6.45, 7) is 5.16. The second kappa shape index (κ2) is 8.73. The average Bonchev–Trinajstić information content (AvgIpc) is 2.94. The Morgan fingerprint density at radius 3 is 2.86 bits per heavy atom. The van der Waals surface area contributed by atoms with E-state index in [1.54, 1.807) is 11.4 Å². The van der Waals surface area contributed by atoms with Crippen molar-refractivity contribution in [2.75, 3.05) is 11.9 Å². The molecule has 7 heteroatoms. The van der Waals surface area contributed by atoms with Gasteiger partial charge in [-0.25, -0.2) is 4.98 Å². The molecule has 0 saturated heterocycles. The van der Waals surface area contributed by atoms with Gasteiger partial charge in [-0.2, -0.15) is 0 Å². The Balaban J connectivity index is 0.00000242. The lowest BCUT2D eigenvalue weighted by Gasteiger charge is -2.10. The highest BCUT2D eigenvalue weighted by atomic mass is 35.5. The van der Waals surface area contributed by atoms with Gasteiger partial charge >= 0.3 is 0 Å². The molecule has 0 aliphatic carbocycles. The SMILES string of the molecule is CC(C)COc1cccc(NC(=O)c2csc(CN)n2)c1.Cl. The fraction of sp³-hybridized carbons (Fsp3) is 0.333. The van der Waals surface area contributed by atoms with Crippen LogP contribution in [0.3, 0.4) is 0 Å². The van der Waals surface area contributed by atoms with Crippen LogP contribution in [0.2, 0.25) is 0 Å². The fourth-order valence-electron chi connectivity index (χ4n) is 1.63. The largest absolute Gasteiger partial charge is 0.493 e. The molecule has 1 amide bonds. The summed E-state index contributed by atoms with van der Waals surface area (Å²) in [6.07, 6.45) is 0. The molecule has 3 N–H and O–H groups in total. The molecule has 0 fully saturated rings. The molecule has 1 heterocycles. The monoisotopic (exact) mass is 341 g/mol. The number of halogens is 1. The van der Waals surface area contributed by atoms with Crippen LogP contribution < -0.4 is 15.8 Å². The van der Waals surface area contributed by atoms with Crippen LogP contribution in [-0.4, -0.2) is 17.5 Å². The quantitative estimate of drug-likeness (QED) is 0.845. The molecule has 0 saturated carbocycles. The molecule has 0 aliphatic heterocycles. The molecule has 0 unspecified atom stereocenters. The number of amides is 1. The van der Waals surface area contributed by atoms with Crippen LogP contribution in [0.4, 0.5) is 5.69 Å². The number of hydrogen-bond donors (Lipinski definition) is 2. The second-order valence-electron chi connectivity index (χ2n) is 5.02. The van der Waals surface area contributed by atoms with Crippen molar-refractivity contribution in [2.45, 2.75) is 20.4 Å². The summed E-state index contributed by atoms with van der Waals surface area (Å²) in [5.41, 5.74) is 6.56. The normalized spacial score (nSPS) is 10.2. The molecule has 2 rings (SSSR count). The second-order valence-corrected chi connectivity index (χ2v) is 5.96. The van der Waals surface area contributed by atoms with Crippen molar-refractivity contribution in [3.8, 4) is 5.75 Å². The molecule has 0 radical (unpaired) electrons. The number of thiazole rings is 1. The lowest BCUT2D eigenvalue weighted by Crippen LogP contribution is -2.13. The maximum atomic E-state index is 12.1. The van der Waals surface area contributed by atoms with Gasteiger partial charge in [-0.15, -0.1) is 23.7 Å². The summed E-state index contributed by atoms with van der Waals surface area (Å²) in [6, 6.07) is 7.33. The number of nitrogens with one attached hydrogen (secondary N) is 1. The smallest absolute Gasteiger partial charge is 0.275 e. The van der Waals surface area contributed by atoms with Crippen molar-refractivity contribution in [1.29, 1.82) is 0 Å². The lowest BCUT2D eigenvalue weighted by atomic mass is 10.2. The van der Waals surface area contributed by atoms with Crippen LogP contribution in [0, 0.1) is 5.92 Å². The van der Waals surface area contributed by atoms with E-state index in [0.29, 0.717) is 30.5 Å². The van der Waals surface area contributed by atoms with E-state index >= 15 is 0 Å². The van der Waals surface area contributed by atoms with Crippen molar-refractivity contribution in [2.24, 2.45) is 11.7 Å². The highest BCUT2D eigenvalue weighted by Gasteiger charge is 2.10. The molecule has 0 aliphatic rings. The van der Waals surface area contributed by atoms with Crippen LogP contribution in [0.5, 0.6) is 5.75 Å². The minimum atomic E-state index is -0.244. The number of carbonyl (C=O) groups is 1. The zero-order chi connectivity index (χ0) is 15.2. The lowest BCUT2D eigenvalue weighted by molar-refractivity contribution is 0.102. The number of aromatic nitrogens is 1. The van der Waals surface area contributed by atoms with E-state index in [1.807, 2.05) is 18.2 Å². The van der Waals surface area contributed by atoms with Gasteiger partial charge in [0.25, 0.3) is 5.91 Å². The fourth-order valence-corrected chi connectivity index (χ4v) is 2.29. The van der Waals surface area contributed by atoms with Gasteiger partial charge in [0.1, 0.15) is 16.5 Å². The first-order valence-electron chi connectivity index (χ1n) is 6.77. The number of ether oxygens (including phenoxy) is 1. The summed E-state index contributed by atoms with van der Waals surface area (Å²) >= 11 is 1.38. The summed E-state index contributed by atoms with van der Waals surface area (Å²) in [7, 11) is 0. The molecule has 2 aromatic rings. The van der Waals surface area contributed by atoms with Crippen LogP contribution in [0.1, 0.15) is 29.3 Å². The van der Waals surface area contributed by atoms with E-state index in [1.165, 1.54) is 11.3 Å². The Labute approximate surface area is 140 Å². The zero-order valence-corrected chi connectivity index (χ0v) is 14.2. The molecular formula is C15H20ClN3O2S. The maximum Gasteiger partial charge on any atom is 0.275 e. The van der Waals surface area contributed by atoms with Gasteiger partial charge in [0.05, 0.1) is 6.61 Å². The first kappa shape index (κ1) is 18.4. The first-order valence-corrected chi connectivity index (χ1v) is 7.65. The van der Waals surface area contributed by atoms with E-state index in [9.17, 15) is 4.79 Å². The van der Waals surface area contributed by atoms with Gasteiger partial charge in [-0.3, -0.25) is 4.79 Å². The third-order valence-electron chi connectivity index (χ3n) is 2.63. The number of nitrogens with two attached hydrogens (primary N) is 1. The number of benzene rings is 1.